The molecule has 0 unspecified atom stereocenters. The molecule has 0 radical (unpaired) electrons. The van der Waals surface area contributed by atoms with E-state index in [9.17, 15) is 18.4 Å². The average molecular weight is 297 g/mol. The lowest BCUT2D eigenvalue weighted by Gasteiger charge is -2.16. The van der Waals surface area contributed by atoms with E-state index < -0.39 is 17.6 Å². The van der Waals surface area contributed by atoms with E-state index >= 15 is 0 Å². The summed E-state index contributed by atoms with van der Waals surface area (Å²) in [5, 5.41) is 8.55. The van der Waals surface area contributed by atoms with Gasteiger partial charge in [-0.15, -0.1) is 0 Å². The van der Waals surface area contributed by atoms with Crippen LogP contribution in [0.1, 0.15) is 30.7 Å². The first-order valence-corrected chi connectivity index (χ1v) is 6.82. The molecule has 1 aromatic carbocycles. The van der Waals surface area contributed by atoms with Gasteiger partial charge in [0.2, 0.25) is 5.91 Å². The first-order valence-electron chi connectivity index (χ1n) is 6.82. The molecule has 1 aliphatic rings. The maximum atomic E-state index is 13.6. The first kappa shape index (κ1) is 15.4. The minimum absolute atomic E-state index is 0.00421. The van der Waals surface area contributed by atoms with E-state index in [1.165, 1.54) is 4.90 Å². The summed E-state index contributed by atoms with van der Waals surface area (Å²) in [5.74, 6) is -2.67. The first-order chi connectivity index (χ1) is 9.90. The Morgan fingerprint density at radius 3 is 2.76 bits per heavy atom. The Balaban J connectivity index is 1.91. The van der Waals surface area contributed by atoms with Crippen molar-refractivity contribution in [2.45, 2.75) is 25.2 Å². The van der Waals surface area contributed by atoms with Crippen molar-refractivity contribution in [2.24, 2.45) is 5.92 Å². The summed E-state index contributed by atoms with van der Waals surface area (Å²) in [5.41, 5.74) is 0.243. The monoisotopic (exact) mass is 297 g/mol. The van der Waals surface area contributed by atoms with Crippen molar-refractivity contribution in [3.63, 3.8) is 0 Å². The van der Waals surface area contributed by atoms with Crippen LogP contribution in [0.2, 0.25) is 0 Å². The van der Waals surface area contributed by atoms with E-state index in [0.29, 0.717) is 19.4 Å². The summed E-state index contributed by atoms with van der Waals surface area (Å²) in [6, 6.07) is 3.26. The van der Waals surface area contributed by atoms with Crippen molar-refractivity contribution in [3.8, 4) is 0 Å². The molecule has 4 nitrogen and oxygen atoms in total. The molecular formula is C15H17F2NO3. The fraction of sp³-hybridized carbons (Fsp3) is 0.467. The van der Waals surface area contributed by atoms with E-state index in [0.717, 1.165) is 18.2 Å². The van der Waals surface area contributed by atoms with Crippen LogP contribution >= 0.6 is 0 Å². The largest absolute Gasteiger partial charge is 0.481 e. The fourth-order valence-electron chi connectivity index (χ4n) is 2.47. The van der Waals surface area contributed by atoms with Crippen molar-refractivity contribution in [1.29, 1.82) is 0 Å². The molecule has 2 rings (SSSR count). The van der Waals surface area contributed by atoms with E-state index in [1.807, 2.05) is 0 Å². The Morgan fingerprint density at radius 2 is 2.10 bits per heavy atom. The van der Waals surface area contributed by atoms with E-state index in [1.54, 1.807) is 7.05 Å². The zero-order valence-corrected chi connectivity index (χ0v) is 11.7. The molecule has 1 aliphatic carbocycles. The molecular weight excluding hydrogens is 280 g/mol. The van der Waals surface area contributed by atoms with Crippen LogP contribution in [0.5, 0.6) is 0 Å². The van der Waals surface area contributed by atoms with Crippen LogP contribution in [0.25, 0.3) is 0 Å². The molecule has 2 atom stereocenters. The maximum Gasteiger partial charge on any atom is 0.303 e. The van der Waals surface area contributed by atoms with Gasteiger partial charge in [-0.05, 0) is 42.5 Å². The minimum Gasteiger partial charge on any atom is -0.481 e. The molecule has 0 spiro atoms. The lowest BCUT2D eigenvalue weighted by molar-refractivity contribution is -0.138. The number of carboxylic acids is 1. The zero-order valence-electron chi connectivity index (χ0n) is 11.7. The molecule has 0 heterocycles. The summed E-state index contributed by atoms with van der Waals surface area (Å²) in [6.45, 7) is 0.347. The number of carbonyl (C=O) groups is 2. The minimum atomic E-state index is -0.901. The zero-order chi connectivity index (χ0) is 15.6. The molecule has 0 saturated heterocycles. The fourth-order valence-corrected chi connectivity index (χ4v) is 2.47. The predicted molar refractivity (Wildman–Crippen MR) is 71.7 cm³/mol. The lowest BCUT2D eigenvalue weighted by Crippen LogP contribution is -2.29. The predicted octanol–water partition coefficient (Wildman–Crippen LogP) is 2.39. The second kappa shape index (κ2) is 6.20. The number of carboxylic acid groups (broad SMARTS) is 1. The van der Waals surface area contributed by atoms with Crippen LogP contribution in [0.15, 0.2) is 18.2 Å². The normalized spacial score (nSPS) is 20.1. The van der Waals surface area contributed by atoms with Crippen LogP contribution in [-0.2, 0) is 9.59 Å². The average Bonchev–Trinajstić information content (AvgIpc) is 3.20. The van der Waals surface area contributed by atoms with Gasteiger partial charge in [0.25, 0.3) is 0 Å². The van der Waals surface area contributed by atoms with Crippen molar-refractivity contribution in [2.75, 3.05) is 13.6 Å². The van der Waals surface area contributed by atoms with Crippen LogP contribution in [0.3, 0.4) is 0 Å². The Morgan fingerprint density at radius 1 is 1.38 bits per heavy atom. The lowest BCUT2D eigenvalue weighted by atomic mass is 10.1. The summed E-state index contributed by atoms with van der Waals surface area (Å²) >= 11 is 0. The molecule has 21 heavy (non-hydrogen) atoms. The number of amides is 1. The van der Waals surface area contributed by atoms with Gasteiger partial charge in [-0.1, -0.05) is 0 Å². The number of aliphatic carboxylic acids is 1. The Hall–Kier alpha value is -1.98. The van der Waals surface area contributed by atoms with Crippen LogP contribution in [0, 0.1) is 17.6 Å². The molecule has 1 saturated carbocycles. The third-order valence-corrected chi connectivity index (χ3v) is 3.73. The topological polar surface area (TPSA) is 57.6 Å². The van der Waals surface area contributed by atoms with Crippen molar-refractivity contribution in [3.05, 3.63) is 35.4 Å². The molecule has 0 aromatic heterocycles. The van der Waals surface area contributed by atoms with E-state index in [4.69, 9.17) is 5.11 Å². The molecule has 0 aliphatic heterocycles. The van der Waals surface area contributed by atoms with Crippen LogP contribution in [-0.4, -0.2) is 35.5 Å². The summed E-state index contributed by atoms with van der Waals surface area (Å²) in [4.78, 5) is 24.0. The van der Waals surface area contributed by atoms with Gasteiger partial charge >= 0.3 is 5.97 Å². The molecule has 1 fully saturated rings. The standard InChI is InChI=1S/C15H17F2NO3/c1-18(6-2-3-14(19)20)15(21)12-8-10(12)11-7-9(16)4-5-13(11)17/h4-5,7,10,12H,2-3,6,8H2,1H3,(H,19,20)/t10-,12+/m0/s1. The molecule has 1 amide bonds. The van der Waals surface area contributed by atoms with Crippen LogP contribution < -0.4 is 0 Å². The molecule has 6 heteroatoms. The van der Waals surface area contributed by atoms with Crippen molar-refractivity contribution in [1.82, 2.24) is 4.90 Å². The SMILES string of the molecule is CN(CCCC(=O)O)C(=O)[C@@H]1C[C@H]1c1cc(F)ccc1F. The molecule has 1 N–H and O–H groups in total. The quantitative estimate of drug-likeness (QED) is 0.877. The Bertz CT molecular complexity index is 562. The highest BCUT2D eigenvalue weighted by atomic mass is 19.1. The van der Waals surface area contributed by atoms with Gasteiger partial charge in [-0.25, -0.2) is 8.78 Å². The van der Waals surface area contributed by atoms with Gasteiger partial charge in [-0.2, -0.15) is 0 Å². The second-order valence-corrected chi connectivity index (χ2v) is 5.37. The highest BCUT2D eigenvalue weighted by Crippen LogP contribution is 2.49. The van der Waals surface area contributed by atoms with Crippen molar-refractivity contribution >= 4 is 11.9 Å². The maximum absolute atomic E-state index is 13.6. The van der Waals surface area contributed by atoms with Gasteiger partial charge < -0.3 is 10.0 Å². The van der Waals surface area contributed by atoms with Gasteiger partial charge in [0.15, 0.2) is 0 Å². The van der Waals surface area contributed by atoms with Gasteiger partial charge in [-0.3, -0.25) is 9.59 Å². The Kier molecular flexibility index (Phi) is 4.55. The highest BCUT2D eigenvalue weighted by molar-refractivity contribution is 5.82. The number of benzene rings is 1. The van der Waals surface area contributed by atoms with Gasteiger partial charge in [0, 0.05) is 25.9 Å². The third-order valence-electron chi connectivity index (χ3n) is 3.73. The second-order valence-electron chi connectivity index (χ2n) is 5.37. The van der Waals surface area contributed by atoms with E-state index in [2.05, 4.69) is 0 Å². The smallest absolute Gasteiger partial charge is 0.303 e. The number of hydrogen-bond acceptors (Lipinski definition) is 2. The van der Waals surface area contributed by atoms with Crippen LogP contribution in [0.4, 0.5) is 8.78 Å². The molecule has 1 aromatic rings. The van der Waals surface area contributed by atoms with Gasteiger partial charge in [0.05, 0.1) is 0 Å². The molecule has 0 bridgehead atoms. The Labute approximate surface area is 121 Å². The van der Waals surface area contributed by atoms with Crippen molar-refractivity contribution < 1.29 is 23.5 Å². The number of carbonyl (C=O) groups excluding carboxylic acids is 1. The summed E-state index contributed by atoms with van der Waals surface area (Å²) in [6.07, 6.45) is 0.885. The highest BCUT2D eigenvalue weighted by Gasteiger charge is 2.46. The summed E-state index contributed by atoms with van der Waals surface area (Å²) < 4.78 is 26.8. The van der Waals surface area contributed by atoms with E-state index in [-0.39, 0.29) is 29.7 Å². The van der Waals surface area contributed by atoms with Gasteiger partial charge in [0.1, 0.15) is 11.6 Å². The summed E-state index contributed by atoms with van der Waals surface area (Å²) in [7, 11) is 1.60. The number of halogens is 2. The third kappa shape index (κ3) is 3.77. The number of rotatable bonds is 6. The number of hydrogen-bond donors (Lipinski definition) is 1. The molecule has 114 valence electrons. The number of nitrogens with zero attached hydrogens (tertiary/aromatic N) is 1.